The van der Waals surface area contributed by atoms with Crippen molar-refractivity contribution in [2.45, 2.75) is 51.2 Å². The Labute approximate surface area is 239 Å². The second-order valence-corrected chi connectivity index (χ2v) is 10.6. The number of piperazine rings is 1. The number of benzene rings is 2. The first-order chi connectivity index (χ1) is 19.3. The highest BCUT2D eigenvalue weighted by Gasteiger charge is 2.36. The smallest absolute Gasteiger partial charge is 0.246 e. The van der Waals surface area contributed by atoms with Crippen LogP contribution in [0, 0.1) is 6.92 Å². The Morgan fingerprint density at radius 2 is 1.75 bits per heavy atom. The van der Waals surface area contributed by atoms with Crippen LogP contribution in [0.2, 0.25) is 5.02 Å². The predicted molar refractivity (Wildman–Crippen MR) is 154 cm³/mol. The number of hydrogen-bond donors (Lipinski definition) is 4. The summed E-state index contributed by atoms with van der Waals surface area (Å²) in [5.41, 5.74) is 9.07. The molecule has 11 heteroatoms. The number of nitrogens with one attached hydrogen (secondary N) is 3. The second kappa shape index (κ2) is 13.7. The van der Waals surface area contributed by atoms with E-state index in [1.807, 2.05) is 31.2 Å². The fraction of sp³-hybridized carbons (Fsp3) is 0.448. The maximum Gasteiger partial charge on any atom is 0.246 e. The van der Waals surface area contributed by atoms with Crippen LogP contribution in [0.15, 0.2) is 42.5 Å². The van der Waals surface area contributed by atoms with Crippen molar-refractivity contribution in [3.05, 3.63) is 64.2 Å². The normalized spacial score (nSPS) is 17.5. The first-order valence-corrected chi connectivity index (χ1v) is 14.1. The third-order valence-corrected chi connectivity index (χ3v) is 7.83. The highest BCUT2D eigenvalue weighted by Crippen LogP contribution is 2.25. The summed E-state index contributed by atoms with van der Waals surface area (Å²) in [6.45, 7) is 4.99. The summed E-state index contributed by atoms with van der Waals surface area (Å²) in [6, 6.07) is 11.1. The van der Waals surface area contributed by atoms with Crippen LogP contribution in [0.25, 0.3) is 0 Å². The van der Waals surface area contributed by atoms with Gasteiger partial charge in [0.05, 0.1) is 0 Å². The Hall–Kier alpha value is -3.47. The summed E-state index contributed by atoms with van der Waals surface area (Å²) < 4.78 is 0. The minimum atomic E-state index is -0.892. The molecule has 0 aliphatic carbocycles. The zero-order valence-corrected chi connectivity index (χ0v) is 23.5. The molecule has 2 aliphatic heterocycles. The molecule has 2 heterocycles. The fourth-order valence-corrected chi connectivity index (χ4v) is 5.22. The van der Waals surface area contributed by atoms with Crippen molar-refractivity contribution in [3.63, 3.8) is 0 Å². The Morgan fingerprint density at radius 1 is 1.05 bits per heavy atom. The molecule has 1 fully saturated rings. The Kier molecular flexibility index (Phi) is 10.1. The number of carbonyl (C=O) groups excluding carboxylic acids is 4. The largest absolute Gasteiger partial charge is 0.342 e. The van der Waals surface area contributed by atoms with Crippen LogP contribution in [-0.4, -0.2) is 78.2 Å². The lowest BCUT2D eigenvalue weighted by Gasteiger charge is -2.37. The number of carbonyl (C=O) groups is 4. The number of amides is 4. The number of nitrogens with two attached hydrogens (primary N) is 1. The molecular formula is C29H37ClN6O4. The molecule has 4 amide bonds. The minimum Gasteiger partial charge on any atom is -0.342 e. The van der Waals surface area contributed by atoms with Crippen molar-refractivity contribution in [2.75, 3.05) is 38.0 Å². The van der Waals surface area contributed by atoms with Gasteiger partial charge in [-0.3, -0.25) is 19.2 Å². The maximum absolute atomic E-state index is 13.6. The van der Waals surface area contributed by atoms with Crippen molar-refractivity contribution < 1.29 is 19.2 Å². The fourth-order valence-electron chi connectivity index (χ4n) is 5.10. The Morgan fingerprint density at radius 3 is 2.45 bits per heavy atom. The first kappa shape index (κ1) is 29.5. The summed E-state index contributed by atoms with van der Waals surface area (Å²) in [7, 11) is 0. The maximum atomic E-state index is 13.6. The van der Waals surface area contributed by atoms with Crippen LogP contribution in [0.1, 0.15) is 36.0 Å². The molecule has 0 radical (unpaired) electrons. The molecule has 40 heavy (non-hydrogen) atoms. The summed E-state index contributed by atoms with van der Waals surface area (Å²) in [5.74, 6) is -1.17. The van der Waals surface area contributed by atoms with E-state index in [0.717, 1.165) is 29.8 Å². The van der Waals surface area contributed by atoms with E-state index in [1.165, 1.54) is 4.90 Å². The van der Waals surface area contributed by atoms with Crippen LogP contribution in [0.4, 0.5) is 5.69 Å². The summed E-state index contributed by atoms with van der Waals surface area (Å²) >= 11 is 6.10. The van der Waals surface area contributed by atoms with Gasteiger partial charge in [-0.2, -0.15) is 0 Å². The lowest BCUT2D eigenvalue weighted by atomic mass is 9.92. The molecule has 0 aromatic heterocycles. The minimum absolute atomic E-state index is 0.0113. The van der Waals surface area contributed by atoms with E-state index < -0.39 is 23.9 Å². The number of anilines is 1. The summed E-state index contributed by atoms with van der Waals surface area (Å²) in [5, 5.41) is 9.45. The lowest BCUT2D eigenvalue weighted by molar-refractivity contribution is -0.144. The van der Waals surface area contributed by atoms with Crippen LogP contribution in [0.3, 0.4) is 0 Å². The molecule has 2 aromatic carbocycles. The molecule has 2 aromatic rings. The van der Waals surface area contributed by atoms with Gasteiger partial charge in [-0.25, -0.2) is 0 Å². The topological polar surface area (TPSA) is 137 Å². The molecule has 4 rings (SSSR count). The predicted octanol–water partition coefficient (Wildman–Crippen LogP) is 1.59. The van der Waals surface area contributed by atoms with Crippen molar-refractivity contribution in [1.82, 2.24) is 20.4 Å². The van der Waals surface area contributed by atoms with Crippen LogP contribution in [0.5, 0.6) is 0 Å². The third-order valence-electron chi connectivity index (χ3n) is 7.41. The van der Waals surface area contributed by atoms with Gasteiger partial charge in [0.15, 0.2) is 0 Å². The molecule has 0 spiro atoms. The number of rotatable bonds is 9. The SMILES string of the molecule is Cc1cc(NC(=O)[C@H](CCN)NC(=O)[C@@H]2Cc3ccccc3CN2C(=O)CCC(=O)N2CCNCC2)ccc1Cl. The number of aryl methyl sites for hydroxylation is 1. The number of fused-ring (bicyclic) bond motifs is 1. The standard InChI is InChI=1S/C29H37ClN6O4/c1-19-16-22(6-7-23(19)30)33-28(39)24(10-11-31)34-29(40)25-17-20-4-2-3-5-21(20)18-36(25)27(38)9-8-26(37)35-14-12-32-13-15-35/h2-7,16,24-25,32H,8-15,17-18,31H2,1H3,(H,33,39)(H,34,40)/t24-,25-/m0/s1. The van der Waals surface area contributed by atoms with Crippen molar-refractivity contribution >= 4 is 40.9 Å². The van der Waals surface area contributed by atoms with E-state index in [-0.39, 0.29) is 44.2 Å². The zero-order chi connectivity index (χ0) is 28.6. The van der Waals surface area contributed by atoms with Crippen molar-refractivity contribution in [3.8, 4) is 0 Å². The van der Waals surface area contributed by atoms with Gasteiger partial charge in [0.25, 0.3) is 0 Å². The van der Waals surface area contributed by atoms with Crippen molar-refractivity contribution in [1.29, 1.82) is 0 Å². The molecular weight excluding hydrogens is 532 g/mol. The molecule has 1 saturated heterocycles. The van der Waals surface area contributed by atoms with Crippen LogP contribution >= 0.6 is 11.6 Å². The van der Waals surface area contributed by atoms with E-state index in [1.54, 1.807) is 23.1 Å². The van der Waals surface area contributed by atoms with Gasteiger partial charge < -0.3 is 31.5 Å². The van der Waals surface area contributed by atoms with E-state index >= 15 is 0 Å². The second-order valence-electron chi connectivity index (χ2n) is 10.2. The van der Waals surface area contributed by atoms with Gasteiger partial charge in [0.1, 0.15) is 12.1 Å². The molecule has 10 nitrogen and oxygen atoms in total. The number of hydrogen-bond acceptors (Lipinski definition) is 6. The van der Waals surface area contributed by atoms with Crippen molar-refractivity contribution in [2.24, 2.45) is 5.73 Å². The monoisotopic (exact) mass is 568 g/mol. The highest BCUT2D eigenvalue weighted by molar-refractivity contribution is 6.31. The van der Waals surface area contributed by atoms with Gasteiger partial charge in [0, 0.05) is 62.7 Å². The zero-order valence-electron chi connectivity index (χ0n) is 22.7. The van der Waals surface area contributed by atoms with E-state index in [0.29, 0.717) is 30.2 Å². The van der Waals surface area contributed by atoms with Gasteiger partial charge in [0.2, 0.25) is 23.6 Å². The van der Waals surface area contributed by atoms with Gasteiger partial charge in [-0.15, -0.1) is 0 Å². The number of halogens is 1. The molecule has 2 aliphatic rings. The average Bonchev–Trinajstić information content (AvgIpc) is 2.97. The molecule has 0 unspecified atom stereocenters. The highest BCUT2D eigenvalue weighted by atomic mass is 35.5. The lowest BCUT2D eigenvalue weighted by Crippen LogP contribution is -2.56. The Bertz CT molecular complexity index is 1250. The van der Waals surface area contributed by atoms with Gasteiger partial charge in [-0.1, -0.05) is 35.9 Å². The third kappa shape index (κ3) is 7.38. The summed E-state index contributed by atoms with van der Waals surface area (Å²) in [4.78, 5) is 56.1. The van der Waals surface area contributed by atoms with E-state index in [9.17, 15) is 19.2 Å². The quantitative estimate of drug-likeness (QED) is 0.362. The van der Waals surface area contributed by atoms with E-state index in [2.05, 4.69) is 16.0 Å². The molecule has 5 N–H and O–H groups in total. The van der Waals surface area contributed by atoms with E-state index in [4.69, 9.17) is 17.3 Å². The van der Waals surface area contributed by atoms with Crippen LogP contribution in [-0.2, 0) is 32.1 Å². The molecule has 0 bridgehead atoms. The molecule has 0 saturated carbocycles. The first-order valence-electron chi connectivity index (χ1n) is 13.7. The van der Waals surface area contributed by atoms with Gasteiger partial charge >= 0.3 is 0 Å². The summed E-state index contributed by atoms with van der Waals surface area (Å²) in [6.07, 6.45) is 0.634. The molecule has 2 atom stereocenters. The van der Waals surface area contributed by atoms with Crippen LogP contribution < -0.4 is 21.7 Å². The van der Waals surface area contributed by atoms with Gasteiger partial charge in [-0.05, 0) is 54.8 Å². The molecule has 214 valence electrons. The Balaban J connectivity index is 1.46. The number of nitrogens with zero attached hydrogens (tertiary/aromatic N) is 2. The average molecular weight is 569 g/mol.